The minimum Gasteiger partial charge on any atom is -0.465 e. The molecule has 3 heterocycles. The largest absolute Gasteiger partial charge is 0.465 e. The van der Waals surface area contributed by atoms with Gasteiger partial charge in [0.15, 0.2) is 0 Å². The average Bonchev–Trinajstić information content (AvgIpc) is 3.10. The number of anilines is 1. The van der Waals surface area contributed by atoms with Crippen molar-refractivity contribution >= 4 is 34.3 Å². The van der Waals surface area contributed by atoms with Crippen molar-refractivity contribution in [2.45, 2.75) is 13.3 Å². The van der Waals surface area contributed by atoms with Gasteiger partial charge in [-0.3, -0.25) is 4.90 Å². The summed E-state index contributed by atoms with van der Waals surface area (Å²) in [4.78, 5) is 16.9. The Bertz CT molecular complexity index is 994. The predicted octanol–water partition coefficient (Wildman–Crippen LogP) is 4.24. The molecule has 0 spiro atoms. The van der Waals surface area contributed by atoms with E-state index in [-0.39, 0.29) is 0 Å². The van der Waals surface area contributed by atoms with Crippen molar-refractivity contribution in [3.05, 3.63) is 46.7 Å². The van der Waals surface area contributed by atoms with Crippen LogP contribution >= 0.6 is 11.6 Å². The van der Waals surface area contributed by atoms with Gasteiger partial charge in [-0.25, -0.2) is 9.78 Å². The van der Waals surface area contributed by atoms with Crippen molar-refractivity contribution in [2.75, 3.05) is 11.4 Å². The fourth-order valence-corrected chi connectivity index (χ4v) is 3.76. The van der Waals surface area contributed by atoms with E-state index in [1.807, 2.05) is 25.2 Å². The number of halogens is 1. The first-order chi connectivity index (χ1) is 11.5. The van der Waals surface area contributed by atoms with Gasteiger partial charge in [0.1, 0.15) is 5.15 Å². The maximum Gasteiger partial charge on any atom is 0.411 e. The van der Waals surface area contributed by atoms with Crippen molar-refractivity contribution in [3.8, 4) is 11.3 Å². The molecule has 0 fully saturated rings. The smallest absolute Gasteiger partial charge is 0.411 e. The van der Waals surface area contributed by atoms with Crippen LogP contribution in [0.15, 0.2) is 30.5 Å². The number of amides is 1. The molecule has 2 aromatic heterocycles. The van der Waals surface area contributed by atoms with Crippen LogP contribution in [0, 0.1) is 6.92 Å². The number of benzene rings is 1. The second-order valence-electron chi connectivity index (χ2n) is 6.07. The first kappa shape index (κ1) is 15.0. The van der Waals surface area contributed by atoms with Crippen molar-refractivity contribution in [3.63, 3.8) is 0 Å². The predicted molar refractivity (Wildman–Crippen MR) is 95.0 cm³/mol. The molecule has 0 atom stereocenters. The number of nitrogens with zero attached hydrogens (tertiary/aromatic N) is 3. The van der Waals surface area contributed by atoms with Crippen LogP contribution in [-0.2, 0) is 13.5 Å². The zero-order chi connectivity index (χ0) is 17.0. The van der Waals surface area contributed by atoms with Crippen LogP contribution in [0.5, 0.6) is 0 Å². The summed E-state index contributed by atoms with van der Waals surface area (Å²) in [6, 6.07) is 7.86. The number of carbonyl (C=O) groups is 1. The van der Waals surface area contributed by atoms with Gasteiger partial charge in [0.2, 0.25) is 0 Å². The van der Waals surface area contributed by atoms with E-state index < -0.39 is 6.09 Å². The Balaban J connectivity index is 1.90. The first-order valence-corrected chi connectivity index (χ1v) is 8.09. The molecule has 0 radical (unpaired) electrons. The Labute approximate surface area is 144 Å². The van der Waals surface area contributed by atoms with Crippen molar-refractivity contribution in [1.82, 2.24) is 9.55 Å². The SMILES string of the molecule is Cc1c(-c2cc3cc(Cl)ncc3n2C)ccc2c1CCN2C(=O)O. The standard InChI is InChI=1S/C18H16ClN3O2/c1-10-12(3-4-14-13(10)5-6-22(14)18(23)24)15-7-11-8-17(19)20-9-16(11)21(15)2/h3-4,7-9H,5-6H2,1-2H3,(H,23,24). The molecular weight excluding hydrogens is 326 g/mol. The topological polar surface area (TPSA) is 58.4 Å². The van der Waals surface area contributed by atoms with E-state index in [2.05, 4.69) is 22.5 Å². The van der Waals surface area contributed by atoms with Gasteiger partial charge in [-0.15, -0.1) is 0 Å². The minimum atomic E-state index is -0.897. The lowest BCUT2D eigenvalue weighted by atomic mass is 9.98. The van der Waals surface area contributed by atoms with Crippen LogP contribution in [0.25, 0.3) is 22.2 Å². The van der Waals surface area contributed by atoms with Crippen LogP contribution < -0.4 is 4.90 Å². The van der Waals surface area contributed by atoms with Gasteiger partial charge in [0.25, 0.3) is 0 Å². The van der Waals surface area contributed by atoms with E-state index in [1.165, 1.54) is 4.90 Å². The normalized spacial score (nSPS) is 13.5. The molecule has 0 bridgehead atoms. The van der Waals surface area contributed by atoms with E-state index in [9.17, 15) is 9.90 Å². The highest BCUT2D eigenvalue weighted by molar-refractivity contribution is 6.30. The number of aromatic nitrogens is 2. The highest BCUT2D eigenvalue weighted by atomic mass is 35.5. The molecule has 6 heteroatoms. The molecule has 1 N–H and O–H groups in total. The van der Waals surface area contributed by atoms with Crippen LogP contribution in [0.4, 0.5) is 10.5 Å². The molecule has 24 heavy (non-hydrogen) atoms. The van der Waals surface area contributed by atoms with E-state index >= 15 is 0 Å². The molecule has 3 aromatic rings. The fourth-order valence-electron chi connectivity index (χ4n) is 3.60. The lowest BCUT2D eigenvalue weighted by Crippen LogP contribution is -2.26. The first-order valence-electron chi connectivity index (χ1n) is 7.71. The molecular formula is C18H16ClN3O2. The quantitative estimate of drug-likeness (QED) is 0.673. The molecule has 0 saturated carbocycles. The summed E-state index contributed by atoms with van der Waals surface area (Å²) >= 11 is 6.00. The molecule has 1 aliphatic heterocycles. The van der Waals surface area contributed by atoms with E-state index in [0.717, 1.165) is 45.4 Å². The fraction of sp³-hybridized carbons (Fsp3) is 0.222. The summed E-state index contributed by atoms with van der Waals surface area (Å²) in [6.07, 6.45) is 1.63. The molecule has 5 nitrogen and oxygen atoms in total. The Kier molecular flexibility index (Phi) is 3.28. The Hall–Kier alpha value is -2.53. The second kappa shape index (κ2) is 5.24. The summed E-state index contributed by atoms with van der Waals surface area (Å²) < 4.78 is 2.09. The summed E-state index contributed by atoms with van der Waals surface area (Å²) in [5, 5.41) is 10.8. The highest BCUT2D eigenvalue weighted by Crippen LogP contribution is 2.38. The number of rotatable bonds is 1. The van der Waals surface area contributed by atoms with Gasteiger partial charge in [-0.05, 0) is 42.7 Å². The number of carboxylic acid groups (broad SMARTS) is 1. The van der Waals surface area contributed by atoms with Gasteiger partial charge >= 0.3 is 6.09 Å². The third-order valence-electron chi connectivity index (χ3n) is 4.85. The summed E-state index contributed by atoms with van der Waals surface area (Å²) in [5.74, 6) is 0. The lowest BCUT2D eigenvalue weighted by Gasteiger charge is -2.15. The average molecular weight is 342 g/mol. The Morgan fingerprint density at radius 3 is 2.88 bits per heavy atom. The monoisotopic (exact) mass is 341 g/mol. The molecule has 4 rings (SSSR count). The third kappa shape index (κ3) is 2.08. The molecule has 0 unspecified atom stereocenters. The van der Waals surface area contributed by atoms with E-state index in [4.69, 9.17) is 11.6 Å². The summed E-state index contributed by atoms with van der Waals surface area (Å²) in [6.45, 7) is 2.58. The Morgan fingerprint density at radius 2 is 2.12 bits per heavy atom. The zero-order valence-corrected chi connectivity index (χ0v) is 14.1. The van der Waals surface area contributed by atoms with Crippen molar-refractivity contribution in [1.29, 1.82) is 0 Å². The number of hydrogen-bond donors (Lipinski definition) is 1. The molecule has 0 saturated heterocycles. The second-order valence-corrected chi connectivity index (χ2v) is 6.46. The molecule has 122 valence electrons. The zero-order valence-electron chi connectivity index (χ0n) is 13.4. The lowest BCUT2D eigenvalue weighted by molar-refractivity contribution is 0.202. The van der Waals surface area contributed by atoms with Crippen LogP contribution in [0.3, 0.4) is 0 Å². The van der Waals surface area contributed by atoms with Crippen LogP contribution in [-0.4, -0.2) is 27.3 Å². The molecule has 1 aromatic carbocycles. The van der Waals surface area contributed by atoms with Crippen molar-refractivity contribution in [2.24, 2.45) is 7.05 Å². The number of pyridine rings is 1. The molecule has 1 aliphatic rings. The highest BCUT2D eigenvalue weighted by Gasteiger charge is 2.27. The number of fused-ring (bicyclic) bond motifs is 2. The van der Waals surface area contributed by atoms with E-state index in [1.54, 1.807) is 6.20 Å². The van der Waals surface area contributed by atoms with Crippen LogP contribution in [0.2, 0.25) is 5.15 Å². The number of hydrogen-bond acceptors (Lipinski definition) is 2. The Morgan fingerprint density at radius 1 is 1.33 bits per heavy atom. The van der Waals surface area contributed by atoms with Crippen molar-refractivity contribution < 1.29 is 9.90 Å². The van der Waals surface area contributed by atoms with Gasteiger partial charge in [0.05, 0.1) is 17.4 Å². The maximum absolute atomic E-state index is 11.3. The van der Waals surface area contributed by atoms with Gasteiger partial charge in [-0.1, -0.05) is 17.7 Å². The van der Waals surface area contributed by atoms with Crippen LogP contribution in [0.1, 0.15) is 11.1 Å². The molecule has 1 amide bonds. The number of aryl methyl sites for hydroxylation is 1. The van der Waals surface area contributed by atoms with Gasteiger partial charge in [-0.2, -0.15) is 0 Å². The molecule has 0 aliphatic carbocycles. The summed E-state index contributed by atoms with van der Waals surface area (Å²) in [7, 11) is 2.00. The third-order valence-corrected chi connectivity index (χ3v) is 5.06. The minimum absolute atomic E-state index is 0.474. The van der Waals surface area contributed by atoms with E-state index in [0.29, 0.717) is 11.7 Å². The van der Waals surface area contributed by atoms with Gasteiger partial charge in [0, 0.05) is 30.2 Å². The summed E-state index contributed by atoms with van der Waals surface area (Å²) in [5.41, 5.74) is 6.23. The maximum atomic E-state index is 11.3. The van der Waals surface area contributed by atoms with Gasteiger partial charge < -0.3 is 9.67 Å².